The van der Waals surface area contributed by atoms with Crippen molar-refractivity contribution in [3.63, 3.8) is 0 Å². The summed E-state index contributed by atoms with van der Waals surface area (Å²) in [6.07, 6.45) is 3.53. The summed E-state index contributed by atoms with van der Waals surface area (Å²) in [6.45, 7) is 12.8. The Morgan fingerprint density at radius 1 is 0.830 bits per heavy atom. The van der Waals surface area contributed by atoms with E-state index in [9.17, 15) is 38.4 Å². The van der Waals surface area contributed by atoms with Crippen LogP contribution in [0.3, 0.4) is 0 Å². The normalized spacial score (nSPS) is 22.0. The van der Waals surface area contributed by atoms with E-state index in [2.05, 4.69) is 26.0 Å². The summed E-state index contributed by atoms with van der Waals surface area (Å²) in [5.74, 6) is -6.02. The summed E-state index contributed by atoms with van der Waals surface area (Å²) in [4.78, 5) is 108. The number of nitrogens with one attached hydrogen (secondary N) is 4. The van der Waals surface area contributed by atoms with Gasteiger partial charge >= 0.3 is 12.1 Å². The van der Waals surface area contributed by atoms with Crippen LogP contribution in [0.1, 0.15) is 106 Å². The minimum absolute atomic E-state index is 0.0141. The molecular weight excluding hydrogens is 686 g/mol. The highest BCUT2D eigenvalue weighted by atomic mass is 16.5. The molecule has 5 amide bonds. The Morgan fingerprint density at radius 2 is 1.49 bits per heavy atom. The Bertz CT molecular complexity index is 1400. The fourth-order valence-electron chi connectivity index (χ4n) is 7.47. The smallest absolute Gasteiger partial charge is 0.406 e. The van der Waals surface area contributed by atoms with Gasteiger partial charge in [-0.2, -0.15) is 0 Å². The van der Waals surface area contributed by atoms with Gasteiger partial charge in [0.25, 0.3) is 5.91 Å². The fraction of sp³-hybridized carbons (Fsp3) is 0.789. The zero-order valence-electron chi connectivity index (χ0n) is 32.9. The SMILES string of the molecule is CCC[C@H](NC(=O)[C@@H]1[C@H]2CCC[C@H]2CN1C(=O)[C@@H](CC(=O)C(NC(=O)[C@H](CNC(=O)OC)CC(=O)OC)C(C)(C)C)C(C)(C)C)C(=O)C(=O)NC1CC1. The van der Waals surface area contributed by atoms with Gasteiger partial charge in [0.2, 0.25) is 23.5 Å². The number of ketones is 2. The second-order valence-corrected chi connectivity index (χ2v) is 17.0. The Balaban J connectivity index is 1.86. The highest BCUT2D eigenvalue weighted by Gasteiger charge is 2.52. The van der Waals surface area contributed by atoms with Gasteiger partial charge in [0.15, 0.2) is 5.78 Å². The van der Waals surface area contributed by atoms with Gasteiger partial charge < -0.3 is 35.6 Å². The predicted molar refractivity (Wildman–Crippen MR) is 194 cm³/mol. The van der Waals surface area contributed by atoms with Crippen molar-refractivity contribution in [1.82, 2.24) is 26.2 Å². The molecule has 0 aromatic heterocycles. The van der Waals surface area contributed by atoms with Crippen molar-refractivity contribution in [2.45, 2.75) is 130 Å². The number of esters is 1. The fourth-order valence-corrected chi connectivity index (χ4v) is 7.47. The first-order chi connectivity index (χ1) is 24.7. The lowest BCUT2D eigenvalue weighted by molar-refractivity contribution is -0.148. The van der Waals surface area contributed by atoms with Crippen LogP contribution in [0.2, 0.25) is 0 Å². The average molecular weight is 748 g/mol. The highest BCUT2D eigenvalue weighted by Crippen LogP contribution is 2.44. The minimum atomic E-state index is -1.08. The van der Waals surface area contributed by atoms with Crippen LogP contribution in [-0.4, -0.2) is 104 Å². The molecule has 53 heavy (non-hydrogen) atoms. The van der Waals surface area contributed by atoms with Gasteiger partial charge in [-0.15, -0.1) is 0 Å². The number of likely N-dealkylation sites (tertiary alicyclic amines) is 1. The van der Waals surface area contributed by atoms with Crippen molar-refractivity contribution < 1.29 is 47.8 Å². The zero-order valence-corrected chi connectivity index (χ0v) is 32.9. The maximum Gasteiger partial charge on any atom is 0.406 e. The minimum Gasteiger partial charge on any atom is -0.469 e. The second kappa shape index (κ2) is 18.3. The van der Waals surface area contributed by atoms with E-state index in [-0.39, 0.29) is 49.6 Å². The lowest BCUT2D eigenvalue weighted by Gasteiger charge is -2.38. The molecule has 4 N–H and O–H groups in total. The third-order valence-electron chi connectivity index (χ3n) is 10.7. The van der Waals surface area contributed by atoms with Crippen molar-refractivity contribution in [2.24, 2.45) is 34.5 Å². The molecule has 1 heterocycles. The van der Waals surface area contributed by atoms with Crippen LogP contribution >= 0.6 is 0 Å². The van der Waals surface area contributed by atoms with E-state index in [4.69, 9.17) is 4.74 Å². The maximum absolute atomic E-state index is 14.7. The van der Waals surface area contributed by atoms with Gasteiger partial charge in [-0.25, -0.2) is 4.79 Å². The van der Waals surface area contributed by atoms with Gasteiger partial charge in [-0.05, 0) is 54.8 Å². The number of carbonyl (C=O) groups excluding carboxylic acids is 8. The number of carbonyl (C=O) groups is 8. The first kappa shape index (κ1) is 43.4. The molecule has 2 aliphatic carbocycles. The Hall–Kier alpha value is -4.04. The molecule has 1 aliphatic heterocycles. The number of rotatable bonds is 17. The molecule has 15 nitrogen and oxygen atoms in total. The molecule has 2 saturated carbocycles. The Kier molecular flexibility index (Phi) is 15.0. The first-order valence-corrected chi connectivity index (χ1v) is 18.9. The summed E-state index contributed by atoms with van der Waals surface area (Å²) >= 11 is 0. The van der Waals surface area contributed by atoms with Crippen LogP contribution in [0.4, 0.5) is 4.79 Å². The van der Waals surface area contributed by atoms with Crippen molar-refractivity contribution >= 4 is 47.3 Å². The third-order valence-corrected chi connectivity index (χ3v) is 10.7. The quantitative estimate of drug-likeness (QED) is 0.126. The molecule has 1 saturated heterocycles. The van der Waals surface area contributed by atoms with Gasteiger partial charge in [0.05, 0.1) is 38.6 Å². The molecule has 1 unspecified atom stereocenters. The van der Waals surface area contributed by atoms with Gasteiger partial charge in [0.1, 0.15) is 6.04 Å². The number of nitrogens with zero attached hydrogens (tertiary/aromatic N) is 1. The molecule has 298 valence electrons. The summed E-state index contributed by atoms with van der Waals surface area (Å²) in [7, 11) is 2.34. The number of alkyl carbamates (subject to hydrolysis) is 1. The molecular formula is C38H61N5O10. The molecule has 0 aromatic carbocycles. The number of methoxy groups -OCH3 is 2. The molecule has 3 fully saturated rings. The summed E-state index contributed by atoms with van der Waals surface area (Å²) in [5, 5.41) is 10.7. The van der Waals surface area contributed by atoms with E-state index in [1.807, 2.05) is 27.7 Å². The Morgan fingerprint density at radius 3 is 2.04 bits per heavy atom. The van der Waals surface area contributed by atoms with Crippen molar-refractivity contribution in [3.05, 3.63) is 0 Å². The lowest BCUT2D eigenvalue weighted by atomic mass is 9.73. The van der Waals surface area contributed by atoms with E-state index in [0.717, 1.165) is 39.2 Å². The van der Waals surface area contributed by atoms with Crippen molar-refractivity contribution in [2.75, 3.05) is 27.3 Å². The molecule has 0 aromatic rings. The largest absolute Gasteiger partial charge is 0.469 e. The van der Waals surface area contributed by atoms with Crippen LogP contribution in [0.25, 0.3) is 0 Å². The van der Waals surface area contributed by atoms with Crippen LogP contribution in [0, 0.1) is 34.5 Å². The van der Waals surface area contributed by atoms with Crippen molar-refractivity contribution in [3.8, 4) is 0 Å². The zero-order chi connectivity index (χ0) is 39.8. The third kappa shape index (κ3) is 11.7. The monoisotopic (exact) mass is 747 g/mol. The van der Waals surface area contributed by atoms with Gasteiger partial charge in [-0.3, -0.25) is 33.6 Å². The van der Waals surface area contributed by atoms with E-state index in [0.29, 0.717) is 13.0 Å². The van der Waals surface area contributed by atoms with E-state index >= 15 is 0 Å². The number of hydrogen-bond acceptors (Lipinski definition) is 10. The number of ether oxygens (including phenoxy) is 2. The van der Waals surface area contributed by atoms with Gasteiger partial charge in [-0.1, -0.05) is 61.3 Å². The second-order valence-electron chi connectivity index (χ2n) is 17.0. The Labute approximate surface area is 313 Å². The summed E-state index contributed by atoms with van der Waals surface area (Å²) in [6, 6.07) is -2.98. The molecule has 0 radical (unpaired) electrons. The number of fused-ring (bicyclic) bond motifs is 1. The van der Waals surface area contributed by atoms with E-state index in [1.54, 1.807) is 25.7 Å². The average Bonchev–Trinajstić information content (AvgIpc) is 3.65. The molecule has 15 heteroatoms. The molecule has 7 atom stereocenters. The number of Topliss-reactive ketones (excluding diaryl/α,β-unsaturated/α-hetero) is 2. The standard InChI is InChI=1S/C38H61N5O10/c1-10-12-26(30(46)34(49)40-23-15-16-23)41-33(48)29-24-14-11-13-21(24)20-43(29)35(50)25(37(2,3)4)18-27(44)31(38(5,6)7)42-32(47)22(17-28(45)52-8)19-39-36(51)53-9/h21-26,29,31H,10-20H2,1-9H3,(H,39,51)(H,40,49)(H,41,48)(H,42,47)/t21-,22-,24-,25+,26-,29-,31?/m0/s1. The molecule has 0 bridgehead atoms. The number of hydrogen-bond donors (Lipinski definition) is 4. The van der Waals surface area contributed by atoms with Gasteiger partial charge in [0, 0.05) is 31.5 Å². The van der Waals surface area contributed by atoms with Crippen LogP contribution in [0.15, 0.2) is 0 Å². The van der Waals surface area contributed by atoms with Crippen LogP contribution in [-0.2, 0) is 43.0 Å². The topological polar surface area (TPSA) is 206 Å². The lowest BCUT2D eigenvalue weighted by Crippen LogP contribution is -2.57. The predicted octanol–water partition coefficient (Wildman–Crippen LogP) is 2.43. The first-order valence-electron chi connectivity index (χ1n) is 18.9. The molecule has 3 rings (SSSR count). The van der Waals surface area contributed by atoms with E-state index in [1.165, 1.54) is 7.11 Å². The highest BCUT2D eigenvalue weighted by molar-refractivity contribution is 6.38. The maximum atomic E-state index is 14.7. The van der Waals surface area contributed by atoms with Crippen LogP contribution < -0.4 is 21.3 Å². The van der Waals surface area contributed by atoms with E-state index < -0.39 is 82.1 Å². The van der Waals surface area contributed by atoms with Crippen LogP contribution in [0.5, 0.6) is 0 Å². The molecule has 3 aliphatic rings. The summed E-state index contributed by atoms with van der Waals surface area (Å²) < 4.78 is 9.33. The van der Waals surface area contributed by atoms with Crippen molar-refractivity contribution in [1.29, 1.82) is 0 Å². The molecule has 0 spiro atoms. The number of amides is 5. The summed E-state index contributed by atoms with van der Waals surface area (Å²) in [5.41, 5.74) is -1.55.